The summed E-state index contributed by atoms with van der Waals surface area (Å²) >= 11 is 6.07. The molecule has 0 saturated heterocycles. The van der Waals surface area contributed by atoms with Gasteiger partial charge in [0.15, 0.2) is 0 Å². The quantitative estimate of drug-likeness (QED) is 0.643. The van der Waals surface area contributed by atoms with Crippen molar-refractivity contribution in [1.82, 2.24) is 5.32 Å². The third-order valence-corrected chi connectivity index (χ3v) is 4.12. The second-order valence-electron chi connectivity index (χ2n) is 5.62. The molecule has 5 nitrogen and oxygen atoms in total. The van der Waals surface area contributed by atoms with Crippen LogP contribution in [-0.4, -0.2) is 13.0 Å². The van der Waals surface area contributed by atoms with Crippen LogP contribution in [0.25, 0.3) is 0 Å². The Morgan fingerprint density at radius 3 is 2.73 bits per heavy atom. The number of halogens is 1. The van der Waals surface area contributed by atoms with E-state index < -0.39 is 0 Å². The minimum Gasteiger partial charge on any atom is -0.496 e. The van der Waals surface area contributed by atoms with E-state index in [-0.39, 0.29) is 5.91 Å². The Morgan fingerprint density at radius 2 is 1.96 bits per heavy atom. The fourth-order valence-electron chi connectivity index (χ4n) is 2.59. The Labute approximate surface area is 156 Å². The number of nitrogens with one attached hydrogen (secondary N) is 2. The Kier molecular flexibility index (Phi) is 5.81. The van der Waals surface area contributed by atoms with Gasteiger partial charge in [0, 0.05) is 22.8 Å². The third kappa shape index (κ3) is 4.37. The molecule has 3 rings (SSSR count). The minimum absolute atomic E-state index is 0.178. The third-order valence-electron chi connectivity index (χ3n) is 3.89. The van der Waals surface area contributed by atoms with Crippen LogP contribution in [0, 0.1) is 0 Å². The SMILES string of the molecule is COc1ccc(Cl)cc1CNc1ccccc1C(=O)NCc1ccco1. The van der Waals surface area contributed by atoms with Crippen molar-refractivity contribution in [3.8, 4) is 5.75 Å². The van der Waals surface area contributed by atoms with Gasteiger partial charge in [0.05, 0.1) is 25.5 Å². The second kappa shape index (κ2) is 8.45. The highest BCUT2D eigenvalue weighted by atomic mass is 35.5. The molecule has 0 unspecified atom stereocenters. The van der Waals surface area contributed by atoms with E-state index in [0.717, 1.165) is 17.0 Å². The number of para-hydroxylation sites is 1. The number of furan rings is 1. The van der Waals surface area contributed by atoms with Crippen LogP contribution in [0.4, 0.5) is 5.69 Å². The van der Waals surface area contributed by atoms with E-state index in [1.165, 1.54) is 0 Å². The average molecular weight is 371 g/mol. The van der Waals surface area contributed by atoms with E-state index in [0.29, 0.717) is 29.4 Å². The lowest BCUT2D eigenvalue weighted by atomic mass is 10.1. The summed E-state index contributed by atoms with van der Waals surface area (Å²) in [4.78, 5) is 12.5. The van der Waals surface area contributed by atoms with Crippen LogP contribution >= 0.6 is 11.6 Å². The van der Waals surface area contributed by atoms with E-state index in [4.69, 9.17) is 20.8 Å². The Balaban J connectivity index is 1.71. The summed E-state index contributed by atoms with van der Waals surface area (Å²) in [6, 6.07) is 16.4. The molecule has 26 heavy (non-hydrogen) atoms. The molecule has 0 radical (unpaired) electrons. The lowest BCUT2D eigenvalue weighted by molar-refractivity contribution is 0.0949. The minimum atomic E-state index is -0.178. The van der Waals surface area contributed by atoms with E-state index in [1.807, 2.05) is 36.4 Å². The van der Waals surface area contributed by atoms with Crippen molar-refractivity contribution >= 4 is 23.2 Å². The Bertz CT molecular complexity index is 879. The van der Waals surface area contributed by atoms with Gasteiger partial charge in [0.1, 0.15) is 11.5 Å². The highest BCUT2D eigenvalue weighted by molar-refractivity contribution is 6.30. The molecule has 3 aromatic rings. The molecular formula is C20H19ClN2O3. The molecule has 6 heteroatoms. The first-order valence-electron chi connectivity index (χ1n) is 8.13. The molecule has 0 spiro atoms. The maximum Gasteiger partial charge on any atom is 0.253 e. The summed E-state index contributed by atoms with van der Waals surface area (Å²) < 4.78 is 10.6. The van der Waals surface area contributed by atoms with Gasteiger partial charge in [-0.15, -0.1) is 0 Å². The molecule has 1 aromatic heterocycles. The molecular weight excluding hydrogens is 352 g/mol. The number of ether oxygens (including phenoxy) is 1. The molecule has 2 aromatic carbocycles. The van der Waals surface area contributed by atoms with Gasteiger partial charge in [0.2, 0.25) is 0 Å². The van der Waals surface area contributed by atoms with Crippen molar-refractivity contribution in [3.05, 3.63) is 82.8 Å². The van der Waals surface area contributed by atoms with Crippen molar-refractivity contribution in [1.29, 1.82) is 0 Å². The van der Waals surface area contributed by atoms with Crippen molar-refractivity contribution in [2.24, 2.45) is 0 Å². The van der Waals surface area contributed by atoms with Gasteiger partial charge in [-0.05, 0) is 42.5 Å². The summed E-state index contributed by atoms with van der Waals surface area (Å²) in [7, 11) is 1.61. The second-order valence-corrected chi connectivity index (χ2v) is 6.05. The highest BCUT2D eigenvalue weighted by Gasteiger charge is 2.12. The number of benzene rings is 2. The fraction of sp³-hybridized carbons (Fsp3) is 0.150. The molecule has 0 aliphatic heterocycles. The van der Waals surface area contributed by atoms with Gasteiger partial charge in [-0.2, -0.15) is 0 Å². The number of rotatable bonds is 7. The smallest absolute Gasteiger partial charge is 0.253 e. The number of hydrogen-bond acceptors (Lipinski definition) is 4. The van der Waals surface area contributed by atoms with Crippen LogP contribution in [0.15, 0.2) is 65.3 Å². The predicted molar refractivity (Wildman–Crippen MR) is 102 cm³/mol. The molecule has 0 saturated carbocycles. The van der Waals surface area contributed by atoms with Gasteiger partial charge in [-0.3, -0.25) is 4.79 Å². The lowest BCUT2D eigenvalue weighted by Crippen LogP contribution is -2.23. The average Bonchev–Trinajstić information content (AvgIpc) is 3.18. The molecule has 0 aliphatic rings. The van der Waals surface area contributed by atoms with Crippen LogP contribution in [0.5, 0.6) is 5.75 Å². The van der Waals surface area contributed by atoms with Crippen molar-refractivity contribution in [2.45, 2.75) is 13.1 Å². The molecule has 134 valence electrons. The normalized spacial score (nSPS) is 10.4. The van der Waals surface area contributed by atoms with Crippen LogP contribution in [0.3, 0.4) is 0 Å². The predicted octanol–water partition coefficient (Wildman–Crippen LogP) is 4.48. The maximum atomic E-state index is 12.5. The number of methoxy groups -OCH3 is 1. The molecule has 2 N–H and O–H groups in total. The zero-order chi connectivity index (χ0) is 18.4. The molecule has 1 heterocycles. The molecule has 0 bridgehead atoms. The number of hydrogen-bond donors (Lipinski definition) is 2. The van der Waals surface area contributed by atoms with Crippen LogP contribution in [-0.2, 0) is 13.1 Å². The first-order valence-corrected chi connectivity index (χ1v) is 8.51. The van der Waals surface area contributed by atoms with Gasteiger partial charge in [0.25, 0.3) is 5.91 Å². The Morgan fingerprint density at radius 1 is 1.12 bits per heavy atom. The standard InChI is InChI=1S/C20H19ClN2O3/c1-25-19-9-8-15(21)11-14(19)12-22-18-7-3-2-6-17(18)20(24)23-13-16-5-4-10-26-16/h2-11,22H,12-13H2,1H3,(H,23,24). The number of carbonyl (C=O) groups is 1. The van der Waals surface area contributed by atoms with Crippen LogP contribution in [0.1, 0.15) is 21.7 Å². The number of amides is 1. The topological polar surface area (TPSA) is 63.5 Å². The van der Waals surface area contributed by atoms with Crippen LogP contribution < -0.4 is 15.4 Å². The van der Waals surface area contributed by atoms with Crippen LogP contribution in [0.2, 0.25) is 5.02 Å². The zero-order valence-electron chi connectivity index (χ0n) is 14.3. The van der Waals surface area contributed by atoms with Crippen molar-refractivity contribution in [3.63, 3.8) is 0 Å². The number of carbonyl (C=O) groups excluding carboxylic acids is 1. The van der Waals surface area contributed by atoms with E-state index in [1.54, 1.807) is 31.6 Å². The highest BCUT2D eigenvalue weighted by Crippen LogP contribution is 2.24. The van der Waals surface area contributed by atoms with E-state index in [9.17, 15) is 4.79 Å². The van der Waals surface area contributed by atoms with Gasteiger partial charge in [-0.1, -0.05) is 23.7 Å². The zero-order valence-corrected chi connectivity index (χ0v) is 15.0. The summed E-state index contributed by atoms with van der Waals surface area (Å²) in [5.41, 5.74) is 2.19. The molecule has 1 amide bonds. The van der Waals surface area contributed by atoms with Crippen molar-refractivity contribution < 1.29 is 13.9 Å². The molecule has 0 fully saturated rings. The first-order chi connectivity index (χ1) is 12.7. The summed E-state index contributed by atoms with van der Waals surface area (Å²) in [5, 5.41) is 6.77. The Hall–Kier alpha value is -2.92. The number of anilines is 1. The maximum absolute atomic E-state index is 12.5. The van der Waals surface area contributed by atoms with E-state index >= 15 is 0 Å². The lowest BCUT2D eigenvalue weighted by Gasteiger charge is -2.14. The van der Waals surface area contributed by atoms with Gasteiger partial charge in [-0.25, -0.2) is 0 Å². The summed E-state index contributed by atoms with van der Waals surface area (Å²) in [6.07, 6.45) is 1.58. The monoisotopic (exact) mass is 370 g/mol. The van der Waals surface area contributed by atoms with Gasteiger partial charge >= 0.3 is 0 Å². The summed E-state index contributed by atoms with van der Waals surface area (Å²) in [6.45, 7) is 0.814. The first kappa shape index (κ1) is 17.9. The fourth-order valence-corrected chi connectivity index (χ4v) is 2.78. The van der Waals surface area contributed by atoms with Gasteiger partial charge < -0.3 is 19.8 Å². The largest absolute Gasteiger partial charge is 0.496 e. The molecule has 0 atom stereocenters. The summed E-state index contributed by atoms with van der Waals surface area (Å²) in [5.74, 6) is 1.26. The van der Waals surface area contributed by atoms with Crippen molar-refractivity contribution in [2.75, 3.05) is 12.4 Å². The van der Waals surface area contributed by atoms with E-state index in [2.05, 4.69) is 10.6 Å². The molecule has 0 aliphatic carbocycles.